The van der Waals surface area contributed by atoms with Gasteiger partial charge in [-0.05, 0) is 67.2 Å². The molecule has 0 fully saturated rings. The highest BCUT2D eigenvalue weighted by Gasteiger charge is 2.49. The third kappa shape index (κ3) is 5.22. The first-order chi connectivity index (χ1) is 20.6. The number of halogens is 1. The first kappa shape index (κ1) is 29.8. The van der Waals surface area contributed by atoms with E-state index in [0.717, 1.165) is 20.8 Å². The number of nitriles is 1. The molecule has 3 N–H and O–H groups in total. The highest BCUT2D eigenvalue weighted by Crippen LogP contribution is 2.40. The van der Waals surface area contributed by atoms with E-state index in [4.69, 9.17) is 10.5 Å². The lowest BCUT2D eigenvalue weighted by Crippen LogP contribution is -2.63. The van der Waals surface area contributed by atoms with Crippen LogP contribution in [0.4, 0.5) is 11.4 Å². The molecule has 0 radical (unpaired) electrons. The topological polar surface area (TPSA) is 129 Å². The number of nitrogens with zero attached hydrogens (tertiary/aromatic N) is 3. The van der Waals surface area contributed by atoms with Crippen molar-refractivity contribution in [3.63, 3.8) is 0 Å². The van der Waals surface area contributed by atoms with Crippen LogP contribution in [0.2, 0.25) is 0 Å². The molecule has 218 valence electrons. The predicted molar refractivity (Wildman–Crippen MR) is 169 cm³/mol. The van der Waals surface area contributed by atoms with Gasteiger partial charge in [0.05, 0.1) is 48.1 Å². The molecule has 5 rings (SSSR count). The van der Waals surface area contributed by atoms with Gasteiger partial charge in [0.25, 0.3) is 5.91 Å². The molecule has 1 aliphatic rings. The number of hydrogen-bond donors (Lipinski definition) is 2. The van der Waals surface area contributed by atoms with Crippen LogP contribution in [0.15, 0.2) is 83.3 Å². The molecular weight excluding hydrogens is 610 g/mol. The number of anilines is 2. The summed E-state index contributed by atoms with van der Waals surface area (Å²) >= 11 is 3.53. The number of primary amides is 1. The van der Waals surface area contributed by atoms with Crippen LogP contribution in [0.5, 0.6) is 5.75 Å². The fourth-order valence-corrected chi connectivity index (χ4v) is 5.99. The molecule has 10 heteroatoms. The van der Waals surface area contributed by atoms with Crippen molar-refractivity contribution in [2.75, 3.05) is 30.5 Å². The Balaban J connectivity index is 1.74. The average Bonchev–Trinajstić information content (AvgIpc) is 3.14. The fraction of sp³-hybridized carbons (Fsp3) is 0.212. The molecular formula is C33H30BrN5O4. The number of carbonyl (C=O) groups is 3. The summed E-state index contributed by atoms with van der Waals surface area (Å²) in [5.41, 5.74) is 6.46. The zero-order valence-electron chi connectivity index (χ0n) is 23.9. The van der Waals surface area contributed by atoms with Gasteiger partial charge in [-0.15, -0.1) is 0 Å². The Morgan fingerprint density at radius 1 is 1.09 bits per heavy atom. The maximum Gasteiger partial charge on any atom is 0.259 e. The number of nitrogens with one attached hydrogen (secondary N) is 1. The van der Waals surface area contributed by atoms with Crippen molar-refractivity contribution in [2.24, 2.45) is 11.7 Å². The van der Waals surface area contributed by atoms with Crippen LogP contribution in [-0.4, -0.2) is 44.0 Å². The number of likely N-dealkylation sites (N-methyl/N-ethyl adjacent to an activating group) is 1. The third-order valence-corrected chi connectivity index (χ3v) is 8.72. The minimum absolute atomic E-state index is 0.0872. The number of nitrogens with two attached hydrogens (primary N) is 1. The lowest BCUT2D eigenvalue weighted by Gasteiger charge is -2.36. The molecule has 0 spiro atoms. The third-order valence-electron chi connectivity index (χ3n) is 8.23. The van der Waals surface area contributed by atoms with Crippen LogP contribution in [0.1, 0.15) is 28.4 Å². The average molecular weight is 641 g/mol. The Kier molecular flexibility index (Phi) is 8.22. The molecule has 2 atom stereocenters. The van der Waals surface area contributed by atoms with E-state index in [0.29, 0.717) is 17.1 Å². The first-order valence-electron chi connectivity index (χ1n) is 13.6. The van der Waals surface area contributed by atoms with Crippen LogP contribution in [0.25, 0.3) is 10.8 Å². The minimum atomic E-state index is -1.52. The van der Waals surface area contributed by atoms with Crippen molar-refractivity contribution in [2.45, 2.75) is 19.0 Å². The van der Waals surface area contributed by atoms with Crippen molar-refractivity contribution >= 4 is 55.8 Å². The second-order valence-electron chi connectivity index (χ2n) is 10.5. The molecule has 43 heavy (non-hydrogen) atoms. The van der Waals surface area contributed by atoms with Gasteiger partial charge in [0.15, 0.2) is 0 Å². The Hall–Kier alpha value is -4.72. The van der Waals surface area contributed by atoms with Gasteiger partial charge >= 0.3 is 0 Å². The number of rotatable bonds is 7. The van der Waals surface area contributed by atoms with Crippen molar-refractivity contribution in [1.82, 2.24) is 5.32 Å². The molecule has 0 bridgehead atoms. The lowest BCUT2D eigenvalue weighted by molar-refractivity contribution is -0.133. The van der Waals surface area contributed by atoms with Gasteiger partial charge in [-0.3, -0.25) is 14.4 Å². The summed E-state index contributed by atoms with van der Waals surface area (Å²) in [5.74, 6) is -2.11. The molecule has 4 aromatic rings. The highest BCUT2D eigenvalue weighted by atomic mass is 79.9. The molecule has 0 aliphatic carbocycles. The Morgan fingerprint density at radius 3 is 2.47 bits per heavy atom. The smallest absolute Gasteiger partial charge is 0.259 e. The number of methoxy groups -OCH3 is 1. The van der Waals surface area contributed by atoms with Gasteiger partial charge in [-0.1, -0.05) is 52.3 Å². The summed E-state index contributed by atoms with van der Waals surface area (Å²) in [4.78, 5) is 44.8. The predicted octanol–water partition coefficient (Wildman–Crippen LogP) is 4.76. The molecule has 1 heterocycles. The first-order valence-corrected chi connectivity index (χ1v) is 14.4. The number of ether oxygens (including phenoxy) is 1. The molecule has 1 unspecified atom stereocenters. The van der Waals surface area contributed by atoms with Gasteiger partial charge in [0.2, 0.25) is 11.8 Å². The number of carbonyl (C=O) groups excluding carboxylic acids is 3. The Labute approximate surface area is 258 Å². The lowest BCUT2D eigenvalue weighted by atomic mass is 9.83. The summed E-state index contributed by atoms with van der Waals surface area (Å²) in [6.07, 6.45) is 0. The summed E-state index contributed by atoms with van der Waals surface area (Å²) in [7, 11) is 3.13. The van der Waals surface area contributed by atoms with Crippen LogP contribution < -0.4 is 25.6 Å². The second-order valence-corrected chi connectivity index (χ2v) is 11.4. The van der Waals surface area contributed by atoms with Crippen molar-refractivity contribution in [3.8, 4) is 11.8 Å². The van der Waals surface area contributed by atoms with Crippen LogP contribution >= 0.6 is 15.9 Å². The molecule has 0 saturated heterocycles. The number of amides is 3. The molecule has 3 amide bonds. The number of hydrogen-bond acceptors (Lipinski definition) is 6. The van der Waals surface area contributed by atoms with E-state index in [1.807, 2.05) is 30.3 Å². The number of fused-ring (bicyclic) bond motifs is 2. The van der Waals surface area contributed by atoms with E-state index in [-0.39, 0.29) is 24.2 Å². The van der Waals surface area contributed by atoms with Crippen LogP contribution in [0.3, 0.4) is 0 Å². The largest absolute Gasteiger partial charge is 0.496 e. The number of benzene rings is 4. The maximum atomic E-state index is 14.7. The molecule has 1 aliphatic heterocycles. The zero-order valence-corrected chi connectivity index (χ0v) is 25.5. The number of para-hydroxylation sites is 2. The zero-order chi connectivity index (χ0) is 30.9. The van der Waals surface area contributed by atoms with Gasteiger partial charge in [0.1, 0.15) is 11.3 Å². The summed E-state index contributed by atoms with van der Waals surface area (Å²) in [5, 5.41) is 14.5. The molecule has 0 saturated carbocycles. The van der Waals surface area contributed by atoms with Gasteiger partial charge in [0, 0.05) is 16.6 Å². The second kappa shape index (κ2) is 11.9. The van der Waals surface area contributed by atoms with Gasteiger partial charge in [-0.2, -0.15) is 5.26 Å². The van der Waals surface area contributed by atoms with E-state index in [9.17, 15) is 19.6 Å². The standard InChI is InChI=1S/C33H30BrN5O4/c1-33(37-2,32(36)42)26-19-39(30(40)24-9-5-4-8-21(24)17-35)28-11-7-6-10-27(28)38(31(26)41)18-25-23-14-13-22(34)16-20(23)12-15-29(25)43-3/h4-16,26,37H,18-19H2,1-3H3,(H2,36,42)/t26-,33?/m1/s1. The molecule has 0 aromatic heterocycles. The van der Waals surface area contributed by atoms with Crippen molar-refractivity contribution in [3.05, 3.63) is 100 Å². The van der Waals surface area contributed by atoms with Gasteiger partial charge in [-0.25, -0.2) is 0 Å². The molecule has 9 nitrogen and oxygen atoms in total. The quantitative estimate of drug-likeness (QED) is 0.300. The van der Waals surface area contributed by atoms with Crippen LogP contribution in [-0.2, 0) is 16.1 Å². The van der Waals surface area contributed by atoms with Gasteiger partial charge < -0.3 is 25.6 Å². The van der Waals surface area contributed by atoms with Crippen LogP contribution in [0, 0.1) is 17.2 Å². The Bertz CT molecular complexity index is 1800. The fourth-order valence-electron chi connectivity index (χ4n) is 5.61. The van der Waals surface area contributed by atoms with E-state index < -0.39 is 29.2 Å². The normalized spacial score (nSPS) is 16.2. The molecule has 4 aromatic carbocycles. The summed E-state index contributed by atoms with van der Waals surface area (Å²) in [6.45, 7) is 1.49. The van der Waals surface area contributed by atoms with E-state index in [2.05, 4.69) is 27.3 Å². The monoisotopic (exact) mass is 639 g/mol. The summed E-state index contributed by atoms with van der Waals surface area (Å²) < 4.78 is 6.65. The van der Waals surface area contributed by atoms with E-state index in [1.165, 1.54) is 4.90 Å². The highest BCUT2D eigenvalue weighted by molar-refractivity contribution is 9.10. The van der Waals surface area contributed by atoms with Crippen molar-refractivity contribution < 1.29 is 19.1 Å². The SMILES string of the molecule is CNC(C)(C(N)=O)[C@@H]1CN(C(=O)c2ccccc2C#N)c2ccccc2N(Cc2c(OC)ccc3cc(Br)ccc23)C1=O. The minimum Gasteiger partial charge on any atom is -0.496 e. The van der Waals surface area contributed by atoms with E-state index >= 15 is 0 Å². The Morgan fingerprint density at radius 2 is 1.79 bits per heavy atom. The van der Waals surface area contributed by atoms with Crippen molar-refractivity contribution in [1.29, 1.82) is 5.26 Å². The summed E-state index contributed by atoms with van der Waals surface area (Å²) in [6, 6.07) is 25.3. The maximum absolute atomic E-state index is 14.7. The van der Waals surface area contributed by atoms with E-state index in [1.54, 1.807) is 74.5 Å².